The lowest BCUT2D eigenvalue weighted by Crippen LogP contribution is -2.20. The maximum atomic E-state index is 12.8. The molecule has 7 heteroatoms. The van der Waals surface area contributed by atoms with E-state index in [-0.39, 0.29) is 17.2 Å². The molecule has 0 spiro atoms. The summed E-state index contributed by atoms with van der Waals surface area (Å²) < 4.78 is 1.62. The van der Waals surface area contributed by atoms with E-state index in [4.69, 9.17) is 0 Å². The second-order valence-electron chi connectivity index (χ2n) is 6.77. The van der Waals surface area contributed by atoms with E-state index in [1.54, 1.807) is 42.1 Å². The summed E-state index contributed by atoms with van der Waals surface area (Å²) in [5, 5.41) is 3.34. The lowest BCUT2D eigenvalue weighted by atomic mass is 10.1. The number of aryl methyl sites for hydroxylation is 2. The molecule has 6 nitrogen and oxygen atoms in total. The molecule has 0 saturated heterocycles. The highest BCUT2D eigenvalue weighted by Crippen LogP contribution is 2.27. The van der Waals surface area contributed by atoms with E-state index in [2.05, 4.69) is 17.2 Å². The van der Waals surface area contributed by atoms with Gasteiger partial charge >= 0.3 is 0 Å². The average Bonchev–Trinajstić information content (AvgIpc) is 3.01. The number of hydrogen-bond acceptors (Lipinski definition) is 5. The Labute approximate surface area is 167 Å². The van der Waals surface area contributed by atoms with E-state index in [1.807, 2.05) is 0 Å². The van der Waals surface area contributed by atoms with Gasteiger partial charge in [0, 0.05) is 17.8 Å². The molecule has 28 heavy (non-hydrogen) atoms. The summed E-state index contributed by atoms with van der Waals surface area (Å²) in [4.78, 5) is 42.3. The van der Waals surface area contributed by atoms with Crippen LogP contribution < -0.4 is 10.9 Å². The van der Waals surface area contributed by atoms with Gasteiger partial charge in [-0.2, -0.15) is 0 Å². The fraction of sp³-hybridized carbons (Fsp3) is 0.333. The number of amides is 1. The Kier molecular flexibility index (Phi) is 6.04. The number of nitrogens with one attached hydrogen (secondary N) is 1. The SMILES string of the molecule is CCCCCn1cnc2sc(C(=O)Nc3ccc(C(C)=O)cc3)c(C)c2c1=O. The summed E-state index contributed by atoms with van der Waals surface area (Å²) in [5.41, 5.74) is 1.74. The summed E-state index contributed by atoms with van der Waals surface area (Å²) >= 11 is 1.22. The van der Waals surface area contributed by atoms with Gasteiger partial charge in [-0.15, -0.1) is 11.3 Å². The summed E-state index contributed by atoms with van der Waals surface area (Å²) in [6.45, 7) is 6.03. The van der Waals surface area contributed by atoms with Gasteiger partial charge < -0.3 is 5.32 Å². The van der Waals surface area contributed by atoms with E-state index in [9.17, 15) is 14.4 Å². The first-order valence-corrected chi connectivity index (χ1v) is 10.1. The number of Topliss-reactive ketones (excluding diaryl/α,β-unsaturated/α-hetero) is 1. The highest BCUT2D eigenvalue weighted by molar-refractivity contribution is 7.20. The largest absolute Gasteiger partial charge is 0.321 e. The molecule has 0 atom stereocenters. The normalized spacial score (nSPS) is 11.0. The van der Waals surface area contributed by atoms with Crippen molar-refractivity contribution in [2.75, 3.05) is 5.32 Å². The van der Waals surface area contributed by atoms with Crippen LogP contribution in [0.15, 0.2) is 35.4 Å². The van der Waals surface area contributed by atoms with Crippen LogP contribution in [-0.4, -0.2) is 21.2 Å². The molecule has 1 N–H and O–H groups in total. The Morgan fingerprint density at radius 3 is 2.54 bits per heavy atom. The fourth-order valence-electron chi connectivity index (χ4n) is 3.04. The molecule has 1 amide bonds. The van der Waals surface area contributed by atoms with Crippen LogP contribution in [0.1, 0.15) is 58.7 Å². The van der Waals surface area contributed by atoms with Gasteiger partial charge in [0.05, 0.1) is 16.6 Å². The number of fused-ring (bicyclic) bond motifs is 1. The Morgan fingerprint density at radius 1 is 1.18 bits per heavy atom. The predicted molar refractivity (Wildman–Crippen MR) is 113 cm³/mol. The minimum Gasteiger partial charge on any atom is -0.321 e. The number of aromatic nitrogens is 2. The van der Waals surface area contributed by atoms with Crippen molar-refractivity contribution in [3.63, 3.8) is 0 Å². The van der Waals surface area contributed by atoms with E-state index in [0.717, 1.165) is 19.3 Å². The lowest BCUT2D eigenvalue weighted by Gasteiger charge is -2.05. The number of rotatable bonds is 7. The number of hydrogen-bond donors (Lipinski definition) is 1. The third kappa shape index (κ3) is 4.04. The number of anilines is 1. The smallest absolute Gasteiger partial charge is 0.266 e. The molecule has 2 aromatic heterocycles. The first kappa shape index (κ1) is 19.9. The molecule has 0 radical (unpaired) electrons. The highest BCUT2D eigenvalue weighted by Gasteiger charge is 2.19. The Bertz CT molecular complexity index is 1080. The zero-order chi connectivity index (χ0) is 20.3. The molecular weight excluding hydrogens is 374 g/mol. The number of carbonyl (C=O) groups is 2. The minimum atomic E-state index is -0.284. The topological polar surface area (TPSA) is 81.1 Å². The predicted octanol–water partition coefficient (Wildman–Crippen LogP) is 4.41. The van der Waals surface area contributed by atoms with Crippen molar-refractivity contribution in [3.05, 3.63) is 57.0 Å². The zero-order valence-corrected chi connectivity index (χ0v) is 17.1. The first-order chi connectivity index (χ1) is 13.4. The summed E-state index contributed by atoms with van der Waals surface area (Å²) in [7, 11) is 0. The number of ketones is 1. The molecule has 2 heterocycles. The Hall–Kier alpha value is -2.80. The van der Waals surface area contributed by atoms with Crippen molar-refractivity contribution in [1.29, 1.82) is 0 Å². The molecule has 3 rings (SSSR count). The number of benzene rings is 1. The third-order valence-electron chi connectivity index (χ3n) is 4.68. The third-order valence-corrected chi connectivity index (χ3v) is 5.87. The van der Waals surface area contributed by atoms with Crippen molar-refractivity contribution in [3.8, 4) is 0 Å². The van der Waals surface area contributed by atoms with Gasteiger partial charge in [-0.05, 0) is 50.1 Å². The van der Waals surface area contributed by atoms with Crippen LogP contribution in [0.25, 0.3) is 10.2 Å². The van der Waals surface area contributed by atoms with Crippen LogP contribution in [0.2, 0.25) is 0 Å². The van der Waals surface area contributed by atoms with E-state index >= 15 is 0 Å². The van der Waals surface area contributed by atoms with Crippen LogP contribution in [0.5, 0.6) is 0 Å². The van der Waals surface area contributed by atoms with Gasteiger partial charge in [0.2, 0.25) is 0 Å². The van der Waals surface area contributed by atoms with Gasteiger partial charge in [0.25, 0.3) is 11.5 Å². The number of nitrogens with zero attached hydrogens (tertiary/aromatic N) is 2. The molecule has 1 aromatic carbocycles. The second-order valence-corrected chi connectivity index (χ2v) is 7.77. The van der Waals surface area contributed by atoms with Crippen LogP contribution in [0.3, 0.4) is 0 Å². The van der Waals surface area contributed by atoms with Gasteiger partial charge in [-0.3, -0.25) is 19.0 Å². The number of unbranched alkanes of at least 4 members (excludes halogenated alkanes) is 2. The van der Waals surface area contributed by atoms with Crippen molar-refractivity contribution in [2.45, 2.75) is 46.6 Å². The maximum absolute atomic E-state index is 12.8. The lowest BCUT2D eigenvalue weighted by molar-refractivity contribution is 0.101. The average molecular weight is 398 g/mol. The van der Waals surface area contributed by atoms with Gasteiger partial charge in [0.1, 0.15) is 4.83 Å². The number of carbonyl (C=O) groups excluding carboxylic acids is 2. The monoisotopic (exact) mass is 397 g/mol. The fourth-order valence-corrected chi connectivity index (χ4v) is 4.08. The van der Waals surface area contributed by atoms with E-state index < -0.39 is 0 Å². The molecule has 3 aromatic rings. The summed E-state index contributed by atoms with van der Waals surface area (Å²) in [5.74, 6) is -0.312. The van der Waals surface area contributed by atoms with Gasteiger partial charge in [-0.25, -0.2) is 4.98 Å². The Balaban J connectivity index is 1.87. The summed E-state index contributed by atoms with van der Waals surface area (Å²) in [6.07, 6.45) is 4.64. The van der Waals surface area contributed by atoms with Crippen LogP contribution in [0, 0.1) is 6.92 Å². The molecule has 146 valence electrons. The minimum absolute atomic E-state index is 0.0282. The van der Waals surface area contributed by atoms with Crippen LogP contribution >= 0.6 is 11.3 Å². The first-order valence-electron chi connectivity index (χ1n) is 9.33. The van der Waals surface area contributed by atoms with Gasteiger partial charge in [-0.1, -0.05) is 19.8 Å². The number of thiophene rings is 1. The molecule has 0 fully saturated rings. The Morgan fingerprint density at radius 2 is 1.89 bits per heavy atom. The zero-order valence-electron chi connectivity index (χ0n) is 16.2. The molecule has 0 unspecified atom stereocenters. The van der Waals surface area contributed by atoms with Gasteiger partial charge in [0.15, 0.2) is 5.78 Å². The van der Waals surface area contributed by atoms with E-state index in [1.165, 1.54) is 18.3 Å². The molecular formula is C21H23N3O3S. The highest BCUT2D eigenvalue weighted by atomic mass is 32.1. The standard InChI is InChI=1S/C21H23N3O3S/c1-4-5-6-11-24-12-22-20-17(21(24)27)13(2)18(28-20)19(26)23-16-9-7-15(8-10-16)14(3)25/h7-10,12H,4-6,11H2,1-3H3,(H,23,26). The molecule has 0 saturated carbocycles. The van der Waals surface area contributed by atoms with Crippen molar-refractivity contribution < 1.29 is 9.59 Å². The van der Waals surface area contributed by atoms with Crippen molar-refractivity contribution >= 4 is 38.9 Å². The van der Waals surface area contributed by atoms with E-state index in [0.29, 0.717) is 38.5 Å². The van der Waals surface area contributed by atoms with Crippen molar-refractivity contribution in [1.82, 2.24) is 9.55 Å². The quantitative estimate of drug-likeness (QED) is 0.473. The molecule has 0 aliphatic carbocycles. The van der Waals surface area contributed by atoms with Crippen LogP contribution in [0.4, 0.5) is 5.69 Å². The van der Waals surface area contributed by atoms with Crippen molar-refractivity contribution in [2.24, 2.45) is 0 Å². The maximum Gasteiger partial charge on any atom is 0.266 e. The second kappa shape index (κ2) is 8.48. The summed E-state index contributed by atoms with van der Waals surface area (Å²) in [6, 6.07) is 6.73. The molecule has 0 aliphatic rings. The van der Waals surface area contributed by atoms with Crippen LogP contribution in [-0.2, 0) is 6.54 Å². The molecule has 0 bridgehead atoms. The molecule has 0 aliphatic heterocycles.